The minimum Gasteiger partial charge on any atom is -0.362 e. The zero-order chi connectivity index (χ0) is 9.47. The Morgan fingerprint density at radius 1 is 1.69 bits per heavy atom. The van der Waals surface area contributed by atoms with Gasteiger partial charge in [-0.15, -0.1) is 0 Å². The lowest BCUT2D eigenvalue weighted by atomic mass is 10.1. The molecule has 1 saturated carbocycles. The Bertz CT molecular complexity index is 339. The maximum atomic E-state index is 11.6. The fraction of sp³-hybridized carbons (Fsp3) is 0.556. The van der Waals surface area contributed by atoms with E-state index in [2.05, 4.69) is 10.5 Å². The molecule has 0 atom stereocenters. The van der Waals surface area contributed by atoms with Crippen LogP contribution >= 0.6 is 0 Å². The second kappa shape index (κ2) is 2.58. The van der Waals surface area contributed by atoms with E-state index >= 15 is 0 Å². The largest absolute Gasteiger partial charge is 0.362 e. The van der Waals surface area contributed by atoms with Crippen molar-refractivity contribution in [3.63, 3.8) is 0 Å². The number of aryl methyl sites for hydroxylation is 1. The molecule has 2 rings (SSSR count). The Morgan fingerprint density at radius 3 is 2.85 bits per heavy atom. The number of nitrogens with one attached hydrogen (secondary N) is 1. The van der Waals surface area contributed by atoms with Gasteiger partial charge in [0.15, 0.2) is 5.82 Å². The standard InChI is InChI=1S/C9H12N2O2/c1-6-5-13-11-7(6)10-8(12)9(2)3-4-9/h5H,3-4H2,1-2H3,(H,10,11,12). The summed E-state index contributed by atoms with van der Waals surface area (Å²) in [5.74, 6) is 0.586. The summed E-state index contributed by atoms with van der Waals surface area (Å²) in [7, 11) is 0. The van der Waals surface area contributed by atoms with E-state index < -0.39 is 0 Å². The molecule has 1 aromatic heterocycles. The van der Waals surface area contributed by atoms with Gasteiger partial charge >= 0.3 is 0 Å². The highest BCUT2D eigenvalue weighted by Gasteiger charge is 2.45. The Hall–Kier alpha value is -1.32. The summed E-state index contributed by atoms with van der Waals surface area (Å²) in [6.07, 6.45) is 3.45. The lowest BCUT2D eigenvalue weighted by Gasteiger charge is -2.06. The average molecular weight is 180 g/mol. The number of hydrogen-bond donors (Lipinski definition) is 1. The molecule has 70 valence electrons. The second-order valence-corrected chi connectivity index (χ2v) is 3.86. The van der Waals surface area contributed by atoms with E-state index in [1.54, 1.807) is 0 Å². The Balaban J connectivity index is 2.06. The van der Waals surface area contributed by atoms with Crippen molar-refractivity contribution in [2.45, 2.75) is 26.7 Å². The number of rotatable bonds is 2. The third-order valence-electron chi connectivity index (χ3n) is 2.53. The zero-order valence-corrected chi connectivity index (χ0v) is 7.76. The molecule has 1 amide bonds. The van der Waals surface area contributed by atoms with Crippen LogP contribution in [-0.4, -0.2) is 11.1 Å². The van der Waals surface area contributed by atoms with Gasteiger partial charge in [0.25, 0.3) is 0 Å². The van der Waals surface area contributed by atoms with Gasteiger partial charge in [-0.1, -0.05) is 12.1 Å². The topological polar surface area (TPSA) is 55.1 Å². The quantitative estimate of drug-likeness (QED) is 0.753. The first-order valence-corrected chi connectivity index (χ1v) is 4.34. The molecule has 4 nitrogen and oxygen atoms in total. The zero-order valence-electron chi connectivity index (χ0n) is 7.76. The Labute approximate surface area is 76.3 Å². The number of anilines is 1. The van der Waals surface area contributed by atoms with Gasteiger partial charge in [0, 0.05) is 11.0 Å². The van der Waals surface area contributed by atoms with E-state index in [-0.39, 0.29) is 11.3 Å². The fourth-order valence-electron chi connectivity index (χ4n) is 1.08. The molecule has 13 heavy (non-hydrogen) atoms. The highest BCUT2D eigenvalue weighted by molar-refractivity contribution is 5.96. The van der Waals surface area contributed by atoms with Gasteiger partial charge in [-0.3, -0.25) is 4.79 Å². The lowest BCUT2D eigenvalue weighted by Crippen LogP contribution is -2.21. The van der Waals surface area contributed by atoms with Gasteiger partial charge in [-0.2, -0.15) is 0 Å². The summed E-state index contributed by atoms with van der Waals surface area (Å²) in [4.78, 5) is 11.6. The average Bonchev–Trinajstić information content (AvgIpc) is 2.72. The van der Waals surface area contributed by atoms with E-state index in [4.69, 9.17) is 4.52 Å². The first-order valence-electron chi connectivity index (χ1n) is 4.34. The van der Waals surface area contributed by atoms with Crippen molar-refractivity contribution in [3.05, 3.63) is 11.8 Å². The maximum Gasteiger partial charge on any atom is 0.231 e. The van der Waals surface area contributed by atoms with Crippen molar-refractivity contribution in [2.24, 2.45) is 5.41 Å². The van der Waals surface area contributed by atoms with Crippen molar-refractivity contribution in [1.82, 2.24) is 5.16 Å². The highest BCUT2D eigenvalue weighted by Crippen LogP contribution is 2.45. The minimum absolute atomic E-state index is 0.0458. The summed E-state index contributed by atoms with van der Waals surface area (Å²) < 4.78 is 4.71. The third-order valence-corrected chi connectivity index (χ3v) is 2.53. The maximum absolute atomic E-state index is 11.6. The van der Waals surface area contributed by atoms with Crippen LogP contribution < -0.4 is 5.32 Å². The van der Waals surface area contributed by atoms with Crippen LogP contribution in [0.4, 0.5) is 5.82 Å². The summed E-state index contributed by atoms with van der Waals surface area (Å²) >= 11 is 0. The van der Waals surface area contributed by atoms with E-state index in [1.165, 1.54) is 6.26 Å². The number of aromatic nitrogens is 1. The van der Waals surface area contributed by atoms with Gasteiger partial charge in [0.1, 0.15) is 6.26 Å². The van der Waals surface area contributed by atoms with Crippen LogP contribution in [0, 0.1) is 12.3 Å². The Morgan fingerprint density at radius 2 is 2.38 bits per heavy atom. The predicted molar refractivity (Wildman–Crippen MR) is 47.2 cm³/mol. The van der Waals surface area contributed by atoms with Crippen molar-refractivity contribution >= 4 is 11.7 Å². The fourth-order valence-corrected chi connectivity index (χ4v) is 1.08. The minimum atomic E-state index is -0.161. The highest BCUT2D eigenvalue weighted by atomic mass is 16.5. The first kappa shape index (κ1) is 8.29. The van der Waals surface area contributed by atoms with Crippen molar-refractivity contribution in [3.8, 4) is 0 Å². The summed E-state index contributed by atoms with van der Waals surface area (Å²) in [5.41, 5.74) is 0.698. The van der Waals surface area contributed by atoms with Crippen LogP contribution in [0.2, 0.25) is 0 Å². The molecule has 4 heteroatoms. The lowest BCUT2D eigenvalue weighted by molar-refractivity contribution is -0.120. The monoisotopic (exact) mass is 180 g/mol. The summed E-state index contributed by atoms with van der Waals surface area (Å²) in [6.45, 7) is 3.80. The van der Waals surface area contributed by atoms with Gasteiger partial charge in [0.05, 0.1) is 0 Å². The Kier molecular flexibility index (Phi) is 1.65. The van der Waals surface area contributed by atoms with E-state index in [0.717, 1.165) is 18.4 Å². The van der Waals surface area contributed by atoms with Crippen molar-refractivity contribution in [2.75, 3.05) is 5.32 Å². The molecule has 0 unspecified atom stereocenters. The van der Waals surface area contributed by atoms with Crippen LogP contribution in [-0.2, 0) is 4.79 Å². The molecular formula is C9H12N2O2. The van der Waals surface area contributed by atoms with E-state index in [1.807, 2.05) is 13.8 Å². The molecule has 0 aliphatic heterocycles. The molecule has 0 bridgehead atoms. The first-order chi connectivity index (χ1) is 6.12. The van der Waals surface area contributed by atoms with Gasteiger partial charge < -0.3 is 9.84 Å². The molecule has 1 aromatic rings. The molecule has 1 fully saturated rings. The predicted octanol–water partition coefficient (Wildman–Crippen LogP) is 1.72. The third kappa shape index (κ3) is 1.43. The number of carbonyl (C=O) groups is 1. The van der Waals surface area contributed by atoms with Crippen molar-refractivity contribution < 1.29 is 9.32 Å². The number of nitrogens with zero attached hydrogens (tertiary/aromatic N) is 1. The van der Waals surface area contributed by atoms with Crippen LogP contribution in [0.3, 0.4) is 0 Å². The molecule has 1 aliphatic carbocycles. The molecule has 0 radical (unpaired) electrons. The van der Waals surface area contributed by atoms with E-state index in [9.17, 15) is 4.79 Å². The normalized spacial score (nSPS) is 18.3. The molecule has 0 aromatic carbocycles. The molecular weight excluding hydrogens is 168 g/mol. The van der Waals surface area contributed by atoms with Crippen LogP contribution in [0.5, 0.6) is 0 Å². The molecule has 1 N–H and O–H groups in total. The molecule has 0 spiro atoms. The smallest absolute Gasteiger partial charge is 0.231 e. The van der Waals surface area contributed by atoms with Crippen LogP contribution in [0.1, 0.15) is 25.3 Å². The SMILES string of the molecule is Cc1conc1NC(=O)C1(C)CC1. The van der Waals surface area contributed by atoms with Crippen molar-refractivity contribution in [1.29, 1.82) is 0 Å². The summed E-state index contributed by atoms with van der Waals surface area (Å²) in [5, 5.41) is 6.44. The van der Waals surface area contributed by atoms with Gasteiger partial charge in [-0.25, -0.2) is 0 Å². The van der Waals surface area contributed by atoms with Crippen LogP contribution in [0.15, 0.2) is 10.8 Å². The molecule has 1 aliphatic rings. The number of hydrogen-bond acceptors (Lipinski definition) is 3. The van der Waals surface area contributed by atoms with Crippen LogP contribution in [0.25, 0.3) is 0 Å². The number of carbonyl (C=O) groups excluding carboxylic acids is 1. The number of amides is 1. The van der Waals surface area contributed by atoms with Gasteiger partial charge in [0.2, 0.25) is 5.91 Å². The molecule has 0 saturated heterocycles. The second-order valence-electron chi connectivity index (χ2n) is 3.86. The molecule has 1 heterocycles. The van der Waals surface area contributed by atoms with Gasteiger partial charge in [-0.05, 0) is 19.8 Å². The van der Waals surface area contributed by atoms with E-state index in [0.29, 0.717) is 5.82 Å². The summed E-state index contributed by atoms with van der Waals surface area (Å²) in [6, 6.07) is 0.